The molecule has 2 N–H and O–H groups in total. The Kier molecular flexibility index (Phi) is 4.76. The molecule has 1 atom stereocenters. The number of nitrogens with two attached hydrogens (primary N) is 1. The van der Waals surface area contributed by atoms with Crippen LogP contribution in [0.5, 0.6) is 5.75 Å². The first-order valence-electron chi connectivity index (χ1n) is 6.29. The molecule has 5 heteroatoms. The molecule has 1 unspecified atom stereocenters. The summed E-state index contributed by atoms with van der Waals surface area (Å²) >= 11 is 1.62. The van der Waals surface area contributed by atoms with Crippen LogP contribution < -0.4 is 10.5 Å². The zero-order valence-electron chi connectivity index (χ0n) is 11.6. The summed E-state index contributed by atoms with van der Waals surface area (Å²) in [5, 5.41) is 1.99. The van der Waals surface area contributed by atoms with Crippen molar-refractivity contribution in [2.75, 3.05) is 14.2 Å². The maximum atomic E-state index is 12.4. The van der Waals surface area contributed by atoms with Gasteiger partial charge in [0, 0.05) is 17.5 Å². The van der Waals surface area contributed by atoms with Crippen LogP contribution in [0.2, 0.25) is 0 Å². The maximum Gasteiger partial charge on any atom is 0.244 e. The molecule has 1 aromatic heterocycles. The molecule has 20 heavy (non-hydrogen) atoms. The van der Waals surface area contributed by atoms with Crippen LogP contribution in [0.1, 0.15) is 16.5 Å². The van der Waals surface area contributed by atoms with Gasteiger partial charge < -0.3 is 15.4 Å². The molecule has 0 fully saturated rings. The maximum absolute atomic E-state index is 12.4. The Bertz CT molecular complexity index is 569. The molecule has 0 saturated carbocycles. The molecule has 0 spiro atoms. The van der Waals surface area contributed by atoms with E-state index in [-0.39, 0.29) is 5.91 Å². The number of thiophene rings is 1. The number of para-hydroxylation sites is 1. The number of amides is 1. The monoisotopic (exact) mass is 290 g/mol. The van der Waals surface area contributed by atoms with E-state index in [2.05, 4.69) is 0 Å². The quantitative estimate of drug-likeness (QED) is 0.920. The van der Waals surface area contributed by atoms with Crippen molar-refractivity contribution in [1.29, 1.82) is 0 Å². The van der Waals surface area contributed by atoms with Crippen molar-refractivity contribution in [2.45, 2.75) is 12.6 Å². The van der Waals surface area contributed by atoms with E-state index in [1.807, 2.05) is 41.8 Å². The van der Waals surface area contributed by atoms with Crippen LogP contribution >= 0.6 is 11.3 Å². The van der Waals surface area contributed by atoms with Gasteiger partial charge in [0.05, 0.1) is 13.7 Å². The summed E-state index contributed by atoms with van der Waals surface area (Å²) in [6.07, 6.45) is 0. The predicted octanol–water partition coefficient (Wildman–Crippen LogP) is 2.42. The lowest BCUT2D eigenvalue weighted by molar-refractivity contribution is -0.131. The third-order valence-electron chi connectivity index (χ3n) is 3.09. The highest BCUT2D eigenvalue weighted by Crippen LogP contribution is 2.24. The molecule has 0 aliphatic heterocycles. The third kappa shape index (κ3) is 3.18. The lowest BCUT2D eigenvalue weighted by atomic mass is 10.1. The molecule has 4 nitrogen and oxygen atoms in total. The second kappa shape index (κ2) is 6.54. The molecular weight excluding hydrogens is 272 g/mol. The summed E-state index contributed by atoms with van der Waals surface area (Å²) < 4.78 is 5.25. The van der Waals surface area contributed by atoms with E-state index in [9.17, 15) is 4.79 Å². The molecule has 1 aromatic carbocycles. The molecule has 106 valence electrons. The van der Waals surface area contributed by atoms with Crippen molar-refractivity contribution >= 4 is 17.2 Å². The largest absolute Gasteiger partial charge is 0.496 e. The van der Waals surface area contributed by atoms with Gasteiger partial charge in [0.15, 0.2) is 0 Å². The first kappa shape index (κ1) is 14.6. The third-order valence-corrected chi connectivity index (χ3v) is 3.95. The van der Waals surface area contributed by atoms with Gasteiger partial charge in [-0.1, -0.05) is 24.3 Å². The number of nitrogens with zero attached hydrogens (tertiary/aromatic N) is 1. The van der Waals surface area contributed by atoms with Gasteiger partial charge in [0.2, 0.25) is 5.91 Å². The van der Waals surface area contributed by atoms with E-state index in [4.69, 9.17) is 10.5 Å². The van der Waals surface area contributed by atoms with Crippen molar-refractivity contribution in [2.24, 2.45) is 5.73 Å². The highest BCUT2D eigenvalue weighted by molar-refractivity contribution is 7.09. The molecule has 0 bridgehead atoms. The van der Waals surface area contributed by atoms with E-state index >= 15 is 0 Å². The number of benzene rings is 1. The highest BCUT2D eigenvalue weighted by Gasteiger charge is 2.22. The Morgan fingerprint density at radius 3 is 2.75 bits per heavy atom. The van der Waals surface area contributed by atoms with Gasteiger partial charge in [-0.05, 0) is 17.5 Å². The van der Waals surface area contributed by atoms with Gasteiger partial charge in [-0.3, -0.25) is 4.79 Å². The summed E-state index contributed by atoms with van der Waals surface area (Å²) in [5.41, 5.74) is 6.78. The minimum Gasteiger partial charge on any atom is -0.496 e. The fraction of sp³-hybridized carbons (Fsp3) is 0.267. The Balaban J connectivity index is 2.11. The molecule has 0 aliphatic rings. The van der Waals surface area contributed by atoms with Crippen LogP contribution in [0.25, 0.3) is 0 Å². The van der Waals surface area contributed by atoms with Crippen LogP contribution in [0, 0.1) is 0 Å². The van der Waals surface area contributed by atoms with Gasteiger partial charge in [0.25, 0.3) is 0 Å². The van der Waals surface area contributed by atoms with Crippen molar-refractivity contribution in [3.8, 4) is 5.75 Å². The Morgan fingerprint density at radius 1 is 1.35 bits per heavy atom. The molecular formula is C15H18N2O2S. The van der Waals surface area contributed by atoms with Gasteiger partial charge in [-0.25, -0.2) is 0 Å². The fourth-order valence-electron chi connectivity index (χ4n) is 2.01. The molecule has 0 saturated heterocycles. The summed E-state index contributed by atoms with van der Waals surface area (Å²) in [6.45, 7) is 0.569. The zero-order chi connectivity index (χ0) is 14.5. The Hall–Kier alpha value is -1.85. The number of hydrogen-bond donors (Lipinski definition) is 1. The van der Waals surface area contributed by atoms with Crippen LogP contribution in [-0.4, -0.2) is 25.0 Å². The number of carbonyl (C=O) groups excluding carboxylic acids is 1. The second-order valence-corrected chi connectivity index (χ2v) is 5.53. The first-order chi connectivity index (χ1) is 9.63. The summed E-state index contributed by atoms with van der Waals surface area (Å²) in [5.74, 6) is 0.515. The van der Waals surface area contributed by atoms with Crippen LogP contribution in [-0.2, 0) is 11.3 Å². The van der Waals surface area contributed by atoms with Crippen molar-refractivity contribution in [3.05, 3.63) is 52.2 Å². The minimum absolute atomic E-state index is 0.122. The molecule has 2 rings (SSSR count). The molecule has 2 aromatic rings. The lowest BCUT2D eigenvalue weighted by Crippen LogP contribution is -2.35. The van der Waals surface area contributed by atoms with Crippen LogP contribution in [0.3, 0.4) is 0 Å². The second-order valence-electron chi connectivity index (χ2n) is 4.49. The fourth-order valence-corrected chi connectivity index (χ4v) is 2.77. The standard InChI is InChI=1S/C15H18N2O2S/c1-17(10-11-6-5-9-20-11)15(18)14(16)12-7-3-4-8-13(12)19-2/h3-9,14H,10,16H2,1-2H3. The van der Waals surface area contributed by atoms with Gasteiger partial charge in [0.1, 0.15) is 11.8 Å². The van der Waals surface area contributed by atoms with Gasteiger partial charge in [-0.2, -0.15) is 0 Å². The van der Waals surface area contributed by atoms with E-state index in [0.717, 1.165) is 4.88 Å². The van der Waals surface area contributed by atoms with Crippen molar-refractivity contribution in [1.82, 2.24) is 4.90 Å². The number of ether oxygens (including phenoxy) is 1. The van der Waals surface area contributed by atoms with E-state index in [1.54, 1.807) is 30.4 Å². The number of hydrogen-bond acceptors (Lipinski definition) is 4. The Labute approximate surface area is 122 Å². The van der Waals surface area contributed by atoms with Gasteiger partial charge in [-0.15, -0.1) is 11.3 Å². The smallest absolute Gasteiger partial charge is 0.244 e. The molecule has 0 radical (unpaired) electrons. The normalized spacial score (nSPS) is 11.9. The number of likely N-dealkylation sites (N-methyl/N-ethyl adjacent to an activating group) is 1. The van der Waals surface area contributed by atoms with Crippen molar-refractivity contribution in [3.63, 3.8) is 0 Å². The van der Waals surface area contributed by atoms with Crippen LogP contribution in [0.4, 0.5) is 0 Å². The summed E-state index contributed by atoms with van der Waals surface area (Å²) in [4.78, 5) is 15.2. The minimum atomic E-state index is -0.712. The molecule has 1 amide bonds. The topological polar surface area (TPSA) is 55.6 Å². The highest BCUT2D eigenvalue weighted by atomic mass is 32.1. The van der Waals surface area contributed by atoms with E-state index < -0.39 is 6.04 Å². The summed E-state index contributed by atoms with van der Waals surface area (Å²) in [6, 6.07) is 10.6. The average molecular weight is 290 g/mol. The number of carbonyl (C=O) groups is 1. The molecule has 1 heterocycles. The lowest BCUT2D eigenvalue weighted by Gasteiger charge is -2.22. The first-order valence-corrected chi connectivity index (χ1v) is 7.17. The summed E-state index contributed by atoms with van der Waals surface area (Å²) in [7, 11) is 3.34. The van der Waals surface area contributed by atoms with E-state index in [1.165, 1.54) is 0 Å². The average Bonchev–Trinajstić information content (AvgIpc) is 2.98. The Morgan fingerprint density at radius 2 is 2.10 bits per heavy atom. The number of methoxy groups -OCH3 is 1. The van der Waals surface area contributed by atoms with Crippen molar-refractivity contribution < 1.29 is 9.53 Å². The predicted molar refractivity (Wildman–Crippen MR) is 80.7 cm³/mol. The molecule has 0 aliphatic carbocycles. The van der Waals surface area contributed by atoms with Gasteiger partial charge >= 0.3 is 0 Å². The van der Waals surface area contributed by atoms with E-state index in [0.29, 0.717) is 17.9 Å². The number of rotatable bonds is 5. The van der Waals surface area contributed by atoms with Crippen LogP contribution in [0.15, 0.2) is 41.8 Å². The SMILES string of the molecule is COc1ccccc1C(N)C(=O)N(C)Cc1cccs1. The zero-order valence-corrected chi connectivity index (χ0v) is 12.4.